The molecule has 0 radical (unpaired) electrons. The summed E-state index contributed by atoms with van der Waals surface area (Å²) < 4.78 is 0. The van der Waals surface area contributed by atoms with Crippen molar-refractivity contribution in [2.45, 2.75) is 13.8 Å². The number of hydrogen-bond donors (Lipinski definition) is 2. The SMILES string of the molecule is C/C=N\C(=C(/C)N)c1ncc[nH]1. The molecule has 3 N–H and O–H groups in total. The first-order valence-electron chi connectivity index (χ1n) is 3.70. The molecule has 64 valence electrons. The lowest BCUT2D eigenvalue weighted by atomic mass is 10.3. The van der Waals surface area contributed by atoms with E-state index in [-0.39, 0.29) is 0 Å². The molecule has 1 aromatic heterocycles. The predicted octanol–water partition coefficient (Wildman–Crippen LogP) is 1.15. The minimum atomic E-state index is 0.656. The van der Waals surface area contributed by atoms with Gasteiger partial charge in [-0.25, -0.2) is 4.98 Å². The van der Waals surface area contributed by atoms with E-state index in [1.54, 1.807) is 25.5 Å². The zero-order valence-electron chi connectivity index (χ0n) is 7.20. The number of rotatable bonds is 2. The molecule has 0 fully saturated rings. The molecular weight excluding hydrogens is 152 g/mol. The maximum Gasteiger partial charge on any atom is 0.157 e. The average molecular weight is 164 g/mol. The molecule has 0 amide bonds. The van der Waals surface area contributed by atoms with Gasteiger partial charge in [0, 0.05) is 24.3 Å². The number of allylic oxidation sites excluding steroid dienone is 1. The van der Waals surface area contributed by atoms with Crippen LogP contribution in [-0.4, -0.2) is 16.2 Å². The smallest absolute Gasteiger partial charge is 0.157 e. The second kappa shape index (κ2) is 3.71. The van der Waals surface area contributed by atoms with E-state index in [1.807, 2.05) is 6.92 Å². The van der Waals surface area contributed by atoms with Crippen molar-refractivity contribution in [1.82, 2.24) is 9.97 Å². The fourth-order valence-electron chi connectivity index (χ4n) is 0.874. The standard InChI is InChI=1S/C8H12N4/c1-3-10-7(6(2)9)8-11-4-5-12-8/h3-5H,9H2,1-2H3,(H,11,12)/b7-6+,10-3-. The lowest BCUT2D eigenvalue weighted by Gasteiger charge is -1.98. The normalized spacial score (nSPS) is 13.5. The molecule has 0 aromatic carbocycles. The van der Waals surface area contributed by atoms with Gasteiger partial charge in [0.15, 0.2) is 5.82 Å². The Balaban J connectivity index is 3.06. The van der Waals surface area contributed by atoms with Gasteiger partial charge in [0.2, 0.25) is 0 Å². The summed E-state index contributed by atoms with van der Waals surface area (Å²) in [6.07, 6.45) is 5.10. The van der Waals surface area contributed by atoms with E-state index in [4.69, 9.17) is 5.73 Å². The summed E-state index contributed by atoms with van der Waals surface area (Å²) in [6.45, 7) is 3.64. The topological polar surface area (TPSA) is 67.1 Å². The highest BCUT2D eigenvalue weighted by Crippen LogP contribution is 2.12. The summed E-state index contributed by atoms with van der Waals surface area (Å²) in [7, 11) is 0. The third-order valence-electron chi connectivity index (χ3n) is 1.35. The van der Waals surface area contributed by atoms with Gasteiger partial charge in [-0.15, -0.1) is 0 Å². The molecule has 1 rings (SSSR count). The molecule has 0 bridgehead atoms. The molecule has 12 heavy (non-hydrogen) atoms. The maximum atomic E-state index is 5.62. The van der Waals surface area contributed by atoms with Crippen molar-refractivity contribution >= 4 is 11.9 Å². The molecule has 0 aliphatic carbocycles. The largest absolute Gasteiger partial charge is 0.400 e. The molecule has 1 heterocycles. The summed E-state index contributed by atoms with van der Waals surface area (Å²) in [5, 5.41) is 0. The van der Waals surface area contributed by atoms with Crippen LogP contribution in [0.25, 0.3) is 5.70 Å². The van der Waals surface area contributed by atoms with Gasteiger partial charge < -0.3 is 10.7 Å². The van der Waals surface area contributed by atoms with E-state index >= 15 is 0 Å². The number of hydrogen-bond acceptors (Lipinski definition) is 3. The first-order valence-corrected chi connectivity index (χ1v) is 3.70. The van der Waals surface area contributed by atoms with Crippen molar-refractivity contribution in [2.75, 3.05) is 0 Å². The van der Waals surface area contributed by atoms with Crippen LogP contribution in [0, 0.1) is 0 Å². The number of imidazole rings is 1. The Morgan fingerprint density at radius 1 is 1.75 bits per heavy atom. The highest BCUT2D eigenvalue weighted by molar-refractivity contribution is 5.70. The summed E-state index contributed by atoms with van der Waals surface area (Å²) in [4.78, 5) is 11.1. The Hall–Kier alpha value is -1.58. The van der Waals surface area contributed by atoms with Gasteiger partial charge >= 0.3 is 0 Å². The van der Waals surface area contributed by atoms with Crippen molar-refractivity contribution in [3.05, 3.63) is 23.9 Å². The lowest BCUT2D eigenvalue weighted by Crippen LogP contribution is -1.97. The number of aromatic amines is 1. The van der Waals surface area contributed by atoms with Crippen LogP contribution in [0.1, 0.15) is 19.7 Å². The van der Waals surface area contributed by atoms with E-state index in [0.717, 1.165) is 0 Å². The van der Waals surface area contributed by atoms with Gasteiger partial charge in [-0.2, -0.15) is 0 Å². The summed E-state index contributed by atoms with van der Waals surface area (Å²) in [6, 6.07) is 0. The second-order valence-electron chi connectivity index (χ2n) is 2.36. The summed E-state index contributed by atoms with van der Waals surface area (Å²) in [5.74, 6) is 0.702. The maximum absolute atomic E-state index is 5.62. The lowest BCUT2D eigenvalue weighted by molar-refractivity contribution is 1.17. The molecule has 4 heteroatoms. The molecule has 1 aromatic rings. The number of aliphatic imine (C=N–C) groups is 1. The van der Waals surface area contributed by atoms with E-state index in [2.05, 4.69) is 15.0 Å². The van der Waals surface area contributed by atoms with Crippen molar-refractivity contribution < 1.29 is 0 Å². The van der Waals surface area contributed by atoms with Gasteiger partial charge in [0.05, 0.1) is 0 Å². The number of aromatic nitrogens is 2. The Bertz CT molecular complexity index is 291. The zero-order valence-corrected chi connectivity index (χ0v) is 7.20. The van der Waals surface area contributed by atoms with Crippen LogP contribution >= 0.6 is 0 Å². The van der Waals surface area contributed by atoms with Crippen molar-refractivity contribution in [3.8, 4) is 0 Å². The number of H-pyrrole nitrogens is 1. The Kier molecular flexibility index (Phi) is 2.63. The van der Waals surface area contributed by atoms with Crippen molar-refractivity contribution in [3.63, 3.8) is 0 Å². The molecule has 4 nitrogen and oxygen atoms in total. The van der Waals surface area contributed by atoms with Gasteiger partial charge in [0.25, 0.3) is 0 Å². The first-order chi connectivity index (χ1) is 5.75. The number of nitrogens with one attached hydrogen (secondary N) is 1. The van der Waals surface area contributed by atoms with E-state index in [9.17, 15) is 0 Å². The van der Waals surface area contributed by atoms with Gasteiger partial charge in [-0.3, -0.25) is 4.99 Å². The molecule has 0 aliphatic rings. The summed E-state index contributed by atoms with van der Waals surface area (Å²) in [5.41, 5.74) is 6.97. The Morgan fingerprint density at radius 2 is 2.50 bits per heavy atom. The third kappa shape index (κ3) is 1.72. The minimum absolute atomic E-state index is 0.656. The Labute approximate surface area is 71.2 Å². The number of nitrogens with zero attached hydrogens (tertiary/aromatic N) is 2. The van der Waals surface area contributed by atoms with Crippen LogP contribution in [0.2, 0.25) is 0 Å². The quantitative estimate of drug-likeness (QED) is 0.644. The molecular formula is C8H12N4. The van der Waals surface area contributed by atoms with E-state index in [0.29, 0.717) is 17.2 Å². The van der Waals surface area contributed by atoms with Gasteiger partial charge in [-0.1, -0.05) is 0 Å². The van der Waals surface area contributed by atoms with Crippen LogP contribution in [0.3, 0.4) is 0 Å². The van der Waals surface area contributed by atoms with Crippen LogP contribution in [-0.2, 0) is 0 Å². The van der Waals surface area contributed by atoms with Crippen LogP contribution in [0.4, 0.5) is 0 Å². The molecule has 0 saturated heterocycles. The van der Waals surface area contributed by atoms with Crippen molar-refractivity contribution in [1.29, 1.82) is 0 Å². The zero-order chi connectivity index (χ0) is 8.97. The fourth-order valence-corrected chi connectivity index (χ4v) is 0.874. The monoisotopic (exact) mass is 164 g/mol. The van der Waals surface area contributed by atoms with Crippen molar-refractivity contribution in [2.24, 2.45) is 10.7 Å². The molecule has 0 atom stereocenters. The van der Waals surface area contributed by atoms with Gasteiger partial charge in [-0.05, 0) is 13.8 Å². The van der Waals surface area contributed by atoms with Crippen LogP contribution in [0.15, 0.2) is 23.1 Å². The molecule has 0 spiro atoms. The highest BCUT2D eigenvalue weighted by atomic mass is 15.0. The third-order valence-corrected chi connectivity index (χ3v) is 1.35. The molecule has 0 unspecified atom stereocenters. The first kappa shape index (κ1) is 8.52. The molecule has 0 saturated carbocycles. The van der Waals surface area contributed by atoms with E-state index in [1.165, 1.54) is 0 Å². The fraction of sp³-hybridized carbons (Fsp3) is 0.250. The highest BCUT2D eigenvalue weighted by Gasteiger charge is 2.02. The number of nitrogens with two attached hydrogens (primary N) is 1. The van der Waals surface area contributed by atoms with E-state index < -0.39 is 0 Å². The average Bonchev–Trinajstić information content (AvgIpc) is 2.51. The van der Waals surface area contributed by atoms with Crippen LogP contribution in [0.5, 0.6) is 0 Å². The van der Waals surface area contributed by atoms with Gasteiger partial charge in [0.1, 0.15) is 5.70 Å². The molecule has 0 aliphatic heterocycles. The van der Waals surface area contributed by atoms with Crippen LogP contribution < -0.4 is 5.73 Å². The predicted molar refractivity (Wildman–Crippen MR) is 49.5 cm³/mol. The minimum Gasteiger partial charge on any atom is -0.400 e. The second-order valence-corrected chi connectivity index (χ2v) is 2.36. The Morgan fingerprint density at radius 3 is 2.92 bits per heavy atom. The summed E-state index contributed by atoms with van der Waals surface area (Å²) >= 11 is 0.